The molecule has 0 unspecified atom stereocenters. The normalized spacial score (nSPS) is 13.7. The molecular weight excluding hydrogens is 372 g/mol. The van der Waals surface area contributed by atoms with Crippen molar-refractivity contribution in [2.75, 3.05) is 32.8 Å². The first kappa shape index (κ1) is 20.3. The van der Waals surface area contributed by atoms with E-state index in [1.165, 1.54) is 0 Å². The molecule has 1 N–H and O–H groups in total. The Balaban J connectivity index is 1.52. The second-order valence-electron chi connectivity index (χ2n) is 6.60. The number of rotatable bonds is 5. The van der Waals surface area contributed by atoms with Crippen LogP contribution in [0.1, 0.15) is 33.2 Å². The van der Waals surface area contributed by atoms with Crippen LogP contribution in [0.3, 0.4) is 0 Å². The van der Waals surface area contributed by atoms with Crippen molar-refractivity contribution in [3.63, 3.8) is 0 Å². The smallest absolute Gasteiger partial charge is 0.409 e. The molecule has 3 amide bonds. The Bertz CT molecular complexity index is 847. The van der Waals surface area contributed by atoms with E-state index in [0.29, 0.717) is 50.5 Å². The minimum absolute atomic E-state index is 0.115. The molecular formula is C21H24N4O4. The summed E-state index contributed by atoms with van der Waals surface area (Å²) >= 11 is 0. The molecule has 0 radical (unpaired) electrons. The number of amides is 3. The molecule has 2 aromatic rings. The molecule has 1 saturated heterocycles. The van der Waals surface area contributed by atoms with E-state index in [1.807, 2.05) is 12.1 Å². The van der Waals surface area contributed by atoms with Crippen molar-refractivity contribution in [3.05, 3.63) is 65.5 Å². The highest BCUT2D eigenvalue weighted by molar-refractivity contribution is 5.97. The summed E-state index contributed by atoms with van der Waals surface area (Å²) < 4.78 is 4.99. The highest BCUT2D eigenvalue weighted by Gasteiger charge is 2.25. The number of carbonyl (C=O) groups excluding carboxylic acids is 3. The van der Waals surface area contributed by atoms with Crippen LogP contribution in [-0.4, -0.2) is 65.5 Å². The summed E-state index contributed by atoms with van der Waals surface area (Å²) in [5.74, 6) is -0.327. The van der Waals surface area contributed by atoms with Crippen molar-refractivity contribution < 1.29 is 19.1 Å². The van der Waals surface area contributed by atoms with Gasteiger partial charge in [0.05, 0.1) is 6.61 Å². The number of aromatic nitrogens is 1. The molecule has 0 bridgehead atoms. The summed E-state index contributed by atoms with van der Waals surface area (Å²) in [5, 5.41) is 2.83. The van der Waals surface area contributed by atoms with E-state index >= 15 is 0 Å². The lowest BCUT2D eigenvalue weighted by atomic mass is 10.1. The van der Waals surface area contributed by atoms with Gasteiger partial charge in [-0.25, -0.2) is 4.79 Å². The van der Waals surface area contributed by atoms with E-state index in [4.69, 9.17) is 4.74 Å². The Labute approximate surface area is 169 Å². The summed E-state index contributed by atoms with van der Waals surface area (Å²) in [7, 11) is 0. The third kappa shape index (κ3) is 5.31. The molecule has 2 heterocycles. The second kappa shape index (κ2) is 9.68. The van der Waals surface area contributed by atoms with Gasteiger partial charge in [-0.1, -0.05) is 6.07 Å². The first-order chi connectivity index (χ1) is 14.1. The van der Waals surface area contributed by atoms with Gasteiger partial charge in [-0.3, -0.25) is 14.6 Å². The third-order valence-corrected chi connectivity index (χ3v) is 4.66. The van der Waals surface area contributed by atoms with Gasteiger partial charge in [0.1, 0.15) is 0 Å². The van der Waals surface area contributed by atoms with Gasteiger partial charge in [0.2, 0.25) is 0 Å². The summed E-state index contributed by atoms with van der Waals surface area (Å²) in [5.41, 5.74) is 1.91. The Hall–Kier alpha value is -3.42. The number of benzene rings is 1. The van der Waals surface area contributed by atoms with Crippen molar-refractivity contribution in [2.24, 2.45) is 0 Å². The average Bonchev–Trinajstić information content (AvgIpc) is 2.78. The molecule has 1 aliphatic heterocycles. The van der Waals surface area contributed by atoms with Gasteiger partial charge in [0.25, 0.3) is 11.8 Å². The number of carbonyl (C=O) groups is 3. The predicted octanol–water partition coefficient (Wildman–Crippen LogP) is 1.93. The topological polar surface area (TPSA) is 91.8 Å². The van der Waals surface area contributed by atoms with E-state index in [2.05, 4.69) is 10.3 Å². The van der Waals surface area contributed by atoms with Crippen LogP contribution in [0.2, 0.25) is 0 Å². The lowest BCUT2D eigenvalue weighted by Gasteiger charge is -2.34. The van der Waals surface area contributed by atoms with Gasteiger partial charge < -0.3 is 19.9 Å². The molecule has 29 heavy (non-hydrogen) atoms. The average molecular weight is 396 g/mol. The third-order valence-electron chi connectivity index (χ3n) is 4.66. The molecule has 1 fully saturated rings. The van der Waals surface area contributed by atoms with Crippen molar-refractivity contribution in [3.8, 4) is 0 Å². The van der Waals surface area contributed by atoms with Crippen LogP contribution in [0.4, 0.5) is 4.79 Å². The van der Waals surface area contributed by atoms with Crippen molar-refractivity contribution >= 4 is 17.9 Å². The molecule has 3 rings (SSSR count). The molecule has 1 aliphatic rings. The van der Waals surface area contributed by atoms with Crippen LogP contribution < -0.4 is 5.32 Å². The van der Waals surface area contributed by atoms with Gasteiger partial charge in [-0.15, -0.1) is 0 Å². The van der Waals surface area contributed by atoms with Crippen molar-refractivity contribution in [1.82, 2.24) is 20.1 Å². The van der Waals surface area contributed by atoms with E-state index in [9.17, 15) is 14.4 Å². The van der Waals surface area contributed by atoms with Gasteiger partial charge in [-0.2, -0.15) is 0 Å². The highest BCUT2D eigenvalue weighted by atomic mass is 16.6. The molecule has 1 aromatic heterocycles. The largest absolute Gasteiger partial charge is 0.450 e. The van der Waals surface area contributed by atoms with E-state index in [-0.39, 0.29) is 17.9 Å². The summed E-state index contributed by atoms with van der Waals surface area (Å²) in [6, 6.07) is 10.3. The fourth-order valence-corrected chi connectivity index (χ4v) is 3.04. The number of ether oxygens (including phenoxy) is 1. The molecule has 8 heteroatoms. The van der Waals surface area contributed by atoms with Gasteiger partial charge in [0.15, 0.2) is 0 Å². The minimum atomic E-state index is -0.346. The zero-order chi connectivity index (χ0) is 20.6. The number of nitrogens with one attached hydrogen (secondary N) is 1. The summed E-state index contributed by atoms with van der Waals surface area (Å²) in [4.78, 5) is 44.0. The molecule has 0 atom stereocenters. The number of hydrogen-bond donors (Lipinski definition) is 1. The molecule has 0 saturated carbocycles. The summed E-state index contributed by atoms with van der Waals surface area (Å²) in [6.07, 6.45) is 3.03. The molecule has 1 aromatic carbocycles. The fourth-order valence-electron chi connectivity index (χ4n) is 3.04. The minimum Gasteiger partial charge on any atom is -0.450 e. The van der Waals surface area contributed by atoms with Crippen LogP contribution >= 0.6 is 0 Å². The molecule has 8 nitrogen and oxygen atoms in total. The number of hydrogen-bond acceptors (Lipinski definition) is 5. The van der Waals surface area contributed by atoms with E-state index < -0.39 is 0 Å². The van der Waals surface area contributed by atoms with Crippen LogP contribution in [-0.2, 0) is 11.3 Å². The quantitative estimate of drug-likeness (QED) is 0.834. The Morgan fingerprint density at radius 3 is 2.28 bits per heavy atom. The maximum Gasteiger partial charge on any atom is 0.409 e. The Kier molecular flexibility index (Phi) is 6.78. The first-order valence-corrected chi connectivity index (χ1v) is 9.56. The highest BCUT2D eigenvalue weighted by Crippen LogP contribution is 2.11. The zero-order valence-corrected chi connectivity index (χ0v) is 16.3. The summed E-state index contributed by atoms with van der Waals surface area (Å²) in [6.45, 7) is 4.27. The predicted molar refractivity (Wildman–Crippen MR) is 106 cm³/mol. The van der Waals surface area contributed by atoms with Crippen LogP contribution in [0.25, 0.3) is 0 Å². The van der Waals surface area contributed by atoms with Crippen LogP contribution in [0, 0.1) is 0 Å². The molecule has 152 valence electrons. The maximum atomic E-state index is 12.7. The Morgan fingerprint density at radius 2 is 1.66 bits per heavy atom. The van der Waals surface area contributed by atoms with E-state index in [1.54, 1.807) is 53.4 Å². The van der Waals surface area contributed by atoms with Crippen LogP contribution in [0.15, 0.2) is 48.8 Å². The lowest BCUT2D eigenvalue weighted by Crippen LogP contribution is -2.50. The second-order valence-corrected chi connectivity index (χ2v) is 6.60. The number of nitrogens with zero attached hydrogens (tertiary/aromatic N) is 3. The number of pyridine rings is 1. The van der Waals surface area contributed by atoms with Crippen molar-refractivity contribution in [2.45, 2.75) is 13.5 Å². The molecule has 0 spiro atoms. The SMILES string of the molecule is CCOC(=O)N1CCN(C(=O)c2ccc(C(=O)NCc3cccnc3)cc2)CC1. The first-order valence-electron chi connectivity index (χ1n) is 9.56. The standard InChI is InChI=1S/C21H24N4O4/c1-2-29-21(28)25-12-10-24(11-13-25)20(27)18-7-5-17(6-8-18)19(26)23-15-16-4-3-9-22-14-16/h3-9,14H,2,10-13,15H2,1H3,(H,23,26). The van der Waals surface area contributed by atoms with Gasteiger partial charge in [-0.05, 0) is 42.8 Å². The van der Waals surface area contributed by atoms with Gasteiger partial charge in [0, 0.05) is 56.2 Å². The zero-order valence-electron chi connectivity index (χ0n) is 16.3. The molecule has 0 aliphatic carbocycles. The van der Waals surface area contributed by atoms with E-state index in [0.717, 1.165) is 5.56 Å². The van der Waals surface area contributed by atoms with Crippen LogP contribution in [0.5, 0.6) is 0 Å². The van der Waals surface area contributed by atoms with Gasteiger partial charge >= 0.3 is 6.09 Å². The monoisotopic (exact) mass is 396 g/mol. The lowest BCUT2D eigenvalue weighted by molar-refractivity contribution is 0.0570. The fraction of sp³-hybridized carbons (Fsp3) is 0.333. The van der Waals surface area contributed by atoms with Crippen molar-refractivity contribution in [1.29, 1.82) is 0 Å². The maximum absolute atomic E-state index is 12.7. The number of piperazine rings is 1. The Morgan fingerprint density at radius 1 is 1.00 bits per heavy atom.